The second-order valence-electron chi connectivity index (χ2n) is 4.92. The summed E-state index contributed by atoms with van der Waals surface area (Å²) in [6.45, 7) is 4.02. The van der Waals surface area contributed by atoms with E-state index in [4.69, 9.17) is 0 Å². The molecule has 0 saturated heterocycles. The normalized spacial score (nSPS) is 10.5. The van der Waals surface area contributed by atoms with Crippen LogP contribution in [0.3, 0.4) is 0 Å². The van der Waals surface area contributed by atoms with Crippen molar-refractivity contribution in [3.05, 3.63) is 72.1 Å². The molecular formula is C18H16N2. The fraction of sp³-hybridized carbons (Fsp3) is 0.111. The van der Waals surface area contributed by atoms with E-state index in [1.54, 1.807) is 0 Å². The summed E-state index contributed by atoms with van der Waals surface area (Å²) in [5.74, 6) is 0.793. The Balaban J connectivity index is 2.09. The molecule has 0 bridgehead atoms. The van der Waals surface area contributed by atoms with Gasteiger partial charge in [0.25, 0.3) is 0 Å². The molecule has 1 aromatic heterocycles. The lowest BCUT2D eigenvalue weighted by Gasteiger charge is -2.07. The third-order valence-corrected chi connectivity index (χ3v) is 3.25. The summed E-state index contributed by atoms with van der Waals surface area (Å²) in [7, 11) is 0. The SMILES string of the molecule is Cc1ccc(-c2cc(-c3ccccc3)nc(C)n2)cc1. The number of hydrogen-bond acceptors (Lipinski definition) is 2. The summed E-state index contributed by atoms with van der Waals surface area (Å²) in [4.78, 5) is 9.08. The van der Waals surface area contributed by atoms with Crippen molar-refractivity contribution in [1.82, 2.24) is 9.97 Å². The predicted molar refractivity (Wildman–Crippen MR) is 82.4 cm³/mol. The fourth-order valence-corrected chi connectivity index (χ4v) is 2.20. The molecule has 0 atom stereocenters. The van der Waals surface area contributed by atoms with Gasteiger partial charge in [0.05, 0.1) is 11.4 Å². The average molecular weight is 260 g/mol. The molecule has 0 amide bonds. The van der Waals surface area contributed by atoms with Gasteiger partial charge in [0.2, 0.25) is 0 Å². The maximum Gasteiger partial charge on any atom is 0.126 e. The van der Waals surface area contributed by atoms with Gasteiger partial charge in [-0.3, -0.25) is 0 Å². The Hall–Kier alpha value is -2.48. The van der Waals surface area contributed by atoms with E-state index < -0.39 is 0 Å². The third-order valence-electron chi connectivity index (χ3n) is 3.25. The Kier molecular flexibility index (Phi) is 3.30. The molecule has 0 aliphatic carbocycles. The van der Waals surface area contributed by atoms with Gasteiger partial charge >= 0.3 is 0 Å². The Labute approximate surface area is 119 Å². The highest BCUT2D eigenvalue weighted by atomic mass is 14.9. The maximum absolute atomic E-state index is 4.55. The predicted octanol–water partition coefficient (Wildman–Crippen LogP) is 4.43. The summed E-state index contributed by atoms with van der Waals surface area (Å²) in [6, 6.07) is 20.7. The van der Waals surface area contributed by atoms with E-state index in [-0.39, 0.29) is 0 Å². The van der Waals surface area contributed by atoms with E-state index >= 15 is 0 Å². The van der Waals surface area contributed by atoms with Gasteiger partial charge in [0.15, 0.2) is 0 Å². The minimum absolute atomic E-state index is 0.793. The summed E-state index contributed by atoms with van der Waals surface area (Å²) in [6.07, 6.45) is 0. The first-order valence-corrected chi connectivity index (χ1v) is 6.70. The summed E-state index contributed by atoms with van der Waals surface area (Å²) in [5.41, 5.74) is 5.43. The summed E-state index contributed by atoms with van der Waals surface area (Å²) >= 11 is 0. The monoisotopic (exact) mass is 260 g/mol. The Morgan fingerprint density at radius 2 is 1.20 bits per heavy atom. The van der Waals surface area contributed by atoms with E-state index in [0.29, 0.717) is 0 Å². The van der Waals surface area contributed by atoms with Crippen LogP contribution in [0.1, 0.15) is 11.4 Å². The largest absolute Gasteiger partial charge is 0.233 e. The first-order chi connectivity index (χ1) is 9.72. The zero-order chi connectivity index (χ0) is 13.9. The average Bonchev–Trinajstić information content (AvgIpc) is 2.48. The number of hydrogen-bond donors (Lipinski definition) is 0. The first-order valence-electron chi connectivity index (χ1n) is 6.70. The van der Waals surface area contributed by atoms with Crippen LogP contribution >= 0.6 is 0 Å². The molecule has 1 heterocycles. The molecular weight excluding hydrogens is 244 g/mol. The number of nitrogens with zero attached hydrogens (tertiary/aromatic N) is 2. The van der Waals surface area contributed by atoms with Crippen LogP contribution in [0, 0.1) is 13.8 Å². The molecule has 2 heteroatoms. The lowest BCUT2D eigenvalue weighted by atomic mass is 10.1. The van der Waals surface area contributed by atoms with Gasteiger partial charge in [-0.15, -0.1) is 0 Å². The number of aryl methyl sites for hydroxylation is 2. The van der Waals surface area contributed by atoms with Crippen LogP contribution in [0.15, 0.2) is 60.7 Å². The molecule has 0 spiro atoms. The van der Waals surface area contributed by atoms with Crippen LogP contribution < -0.4 is 0 Å². The van der Waals surface area contributed by atoms with E-state index in [2.05, 4.69) is 53.3 Å². The van der Waals surface area contributed by atoms with Crippen molar-refractivity contribution < 1.29 is 0 Å². The lowest BCUT2D eigenvalue weighted by Crippen LogP contribution is -1.94. The van der Waals surface area contributed by atoms with Crippen molar-refractivity contribution in [3.63, 3.8) is 0 Å². The number of rotatable bonds is 2. The number of aromatic nitrogens is 2. The standard InChI is InChI=1S/C18H16N2/c1-13-8-10-16(11-9-13)18-12-17(19-14(2)20-18)15-6-4-3-5-7-15/h3-12H,1-2H3. The van der Waals surface area contributed by atoms with Gasteiger partial charge in [-0.2, -0.15) is 0 Å². The van der Waals surface area contributed by atoms with Crippen LogP contribution in [0.4, 0.5) is 0 Å². The van der Waals surface area contributed by atoms with Crippen molar-refractivity contribution in [2.75, 3.05) is 0 Å². The second kappa shape index (κ2) is 5.25. The highest BCUT2D eigenvalue weighted by Crippen LogP contribution is 2.23. The Bertz CT molecular complexity index is 716. The maximum atomic E-state index is 4.55. The third kappa shape index (κ3) is 2.59. The van der Waals surface area contributed by atoms with Crippen LogP contribution in [0.2, 0.25) is 0 Å². The zero-order valence-corrected chi connectivity index (χ0v) is 11.7. The minimum atomic E-state index is 0.793. The molecule has 0 aliphatic heterocycles. The molecule has 2 aromatic carbocycles. The molecule has 0 unspecified atom stereocenters. The second-order valence-corrected chi connectivity index (χ2v) is 4.92. The summed E-state index contributed by atoms with van der Waals surface area (Å²) < 4.78 is 0. The van der Waals surface area contributed by atoms with Gasteiger partial charge in [0.1, 0.15) is 5.82 Å². The minimum Gasteiger partial charge on any atom is -0.233 e. The molecule has 2 nitrogen and oxygen atoms in total. The van der Waals surface area contributed by atoms with Gasteiger partial charge in [0, 0.05) is 11.1 Å². The number of benzene rings is 2. The molecule has 0 fully saturated rings. The first kappa shape index (κ1) is 12.5. The Morgan fingerprint density at radius 1 is 0.650 bits per heavy atom. The topological polar surface area (TPSA) is 25.8 Å². The molecule has 20 heavy (non-hydrogen) atoms. The smallest absolute Gasteiger partial charge is 0.126 e. The van der Waals surface area contributed by atoms with E-state index in [0.717, 1.165) is 28.3 Å². The fourth-order valence-electron chi connectivity index (χ4n) is 2.20. The van der Waals surface area contributed by atoms with Gasteiger partial charge in [-0.05, 0) is 19.9 Å². The zero-order valence-electron chi connectivity index (χ0n) is 11.7. The summed E-state index contributed by atoms with van der Waals surface area (Å²) in [5, 5.41) is 0. The van der Waals surface area contributed by atoms with Crippen molar-refractivity contribution in [2.24, 2.45) is 0 Å². The lowest BCUT2D eigenvalue weighted by molar-refractivity contribution is 1.06. The Morgan fingerprint density at radius 3 is 1.80 bits per heavy atom. The highest BCUT2D eigenvalue weighted by Gasteiger charge is 2.06. The quantitative estimate of drug-likeness (QED) is 0.681. The van der Waals surface area contributed by atoms with E-state index in [9.17, 15) is 0 Å². The van der Waals surface area contributed by atoms with Crippen molar-refractivity contribution in [2.45, 2.75) is 13.8 Å². The van der Waals surface area contributed by atoms with Crippen LogP contribution in [0.5, 0.6) is 0 Å². The van der Waals surface area contributed by atoms with Crippen molar-refractivity contribution in [3.8, 4) is 22.5 Å². The van der Waals surface area contributed by atoms with Gasteiger partial charge in [-0.25, -0.2) is 9.97 Å². The van der Waals surface area contributed by atoms with E-state index in [1.807, 2.05) is 31.2 Å². The van der Waals surface area contributed by atoms with Gasteiger partial charge < -0.3 is 0 Å². The van der Waals surface area contributed by atoms with Gasteiger partial charge in [-0.1, -0.05) is 60.2 Å². The van der Waals surface area contributed by atoms with Crippen LogP contribution in [0.25, 0.3) is 22.5 Å². The molecule has 98 valence electrons. The van der Waals surface area contributed by atoms with Crippen LogP contribution in [-0.4, -0.2) is 9.97 Å². The molecule has 0 radical (unpaired) electrons. The highest BCUT2D eigenvalue weighted by molar-refractivity contribution is 5.67. The molecule has 0 N–H and O–H groups in total. The van der Waals surface area contributed by atoms with Crippen molar-refractivity contribution >= 4 is 0 Å². The molecule has 0 aliphatic rings. The molecule has 3 aromatic rings. The van der Waals surface area contributed by atoms with E-state index in [1.165, 1.54) is 5.56 Å². The van der Waals surface area contributed by atoms with Crippen molar-refractivity contribution in [1.29, 1.82) is 0 Å². The molecule has 3 rings (SSSR count). The molecule has 0 saturated carbocycles. The van der Waals surface area contributed by atoms with Crippen LogP contribution in [-0.2, 0) is 0 Å².